The number of rotatable bonds is 10. The van der Waals surface area contributed by atoms with E-state index in [9.17, 15) is 28.0 Å². The zero-order valence-electron chi connectivity index (χ0n) is 18.3. The number of nitro groups is 1. The highest BCUT2D eigenvalue weighted by Crippen LogP contribution is 2.45. The van der Waals surface area contributed by atoms with E-state index in [1.54, 1.807) is 18.2 Å². The van der Waals surface area contributed by atoms with Gasteiger partial charge in [0, 0.05) is 23.4 Å². The van der Waals surface area contributed by atoms with Gasteiger partial charge in [-0.1, -0.05) is 48.5 Å². The van der Waals surface area contributed by atoms with Crippen molar-refractivity contribution in [3.63, 3.8) is 0 Å². The average molecular weight is 533 g/mol. The van der Waals surface area contributed by atoms with E-state index in [-0.39, 0.29) is 22.2 Å². The molecule has 0 saturated heterocycles. The van der Waals surface area contributed by atoms with Crippen LogP contribution < -0.4 is 4.52 Å². The Labute approximate surface area is 206 Å². The summed E-state index contributed by atoms with van der Waals surface area (Å²) in [7, 11) is -8.63. The first-order valence-corrected chi connectivity index (χ1v) is 14.4. The van der Waals surface area contributed by atoms with Crippen molar-refractivity contribution in [1.29, 1.82) is 0 Å². The largest absolute Gasteiger partial charge is 0.424 e. The van der Waals surface area contributed by atoms with E-state index in [2.05, 4.69) is 0 Å². The van der Waals surface area contributed by atoms with Crippen LogP contribution >= 0.6 is 18.9 Å². The van der Waals surface area contributed by atoms with E-state index < -0.39 is 28.8 Å². The second-order valence-corrected chi connectivity index (χ2v) is 12.6. The molecular formula is C23H21N2O7PS2. The number of sulfonamides is 1. The molecule has 0 aliphatic heterocycles. The molecule has 9 nitrogen and oxygen atoms in total. The Bertz CT molecular complexity index is 1460. The van der Waals surface area contributed by atoms with Crippen molar-refractivity contribution in [1.82, 2.24) is 4.31 Å². The molecule has 0 saturated carbocycles. The number of non-ortho nitro benzene ring substituents is 1. The minimum absolute atomic E-state index is 0.0469. The van der Waals surface area contributed by atoms with Crippen LogP contribution in [0.3, 0.4) is 0 Å². The number of benzene rings is 3. The molecule has 0 aliphatic rings. The van der Waals surface area contributed by atoms with Crippen LogP contribution in [0.1, 0.15) is 5.56 Å². The Balaban J connectivity index is 1.61. The monoisotopic (exact) mass is 532 g/mol. The van der Waals surface area contributed by atoms with Gasteiger partial charge in [-0.25, -0.2) is 13.0 Å². The van der Waals surface area contributed by atoms with E-state index in [4.69, 9.17) is 4.52 Å². The molecule has 182 valence electrons. The predicted octanol–water partition coefficient (Wildman–Crippen LogP) is 5.26. The lowest BCUT2D eigenvalue weighted by molar-refractivity contribution is -0.384. The van der Waals surface area contributed by atoms with Gasteiger partial charge in [0.2, 0.25) is 0 Å². The van der Waals surface area contributed by atoms with Gasteiger partial charge in [0.15, 0.2) is 0 Å². The number of fused-ring (bicyclic) bond motifs is 1. The summed E-state index contributed by atoms with van der Waals surface area (Å²) >= 11 is 1.08. The van der Waals surface area contributed by atoms with Crippen LogP contribution in [-0.4, -0.2) is 35.4 Å². The molecule has 1 heterocycles. The first kappa shape index (κ1) is 25.0. The Morgan fingerprint density at radius 1 is 1.00 bits per heavy atom. The summed E-state index contributed by atoms with van der Waals surface area (Å²) in [4.78, 5) is 20.8. The summed E-state index contributed by atoms with van der Waals surface area (Å²) in [5.41, 5.74) is 0.662. The molecule has 4 rings (SSSR count). The molecular weight excluding hydrogens is 511 g/mol. The topological polar surface area (TPSA) is 127 Å². The second kappa shape index (κ2) is 10.3. The molecule has 1 N–H and O–H groups in total. The van der Waals surface area contributed by atoms with Crippen molar-refractivity contribution in [3.05, 3.63) is 101 Å². The molecule has 1 atom stereocenters. The summed E-state index contributed by atoms with van der Waals surface area (Å²) in [5.74, 6) is -0.0799. The fourth-order valence-corrected chi connectivity index (χ4v) is 8.16. The van der Waals surface area contributed by atoms with Crippen LogP contribution in [0.2, 0.25) is 0 Å². The molecule has 0 fully saturated rings. The van der Waals surface area contributed by atoms with Gasteiger partial charge >= 0.3 is 7.60 Å². The van der Waals surface area contributed by atoms with Gasteiger partial charge in [0.25, 0.3) is 15.7 Å². The van der Waals surface area contributed by atoms with Gasteiger partial charge in [-0.3, -0.25) is 10.1 Å². The Hall–Kier alpha value is -3.08. The quantitative estimate of drug-likeness (QED) is 0.168. The zero-order valence-corrected chi connectivity index (χ0v) is 20.8. The van der Waals surface area contributed by atoms with Crippen LogP contribution in [0.25, 0.3) is 10.1 Å². The summed E-state index contributed by atoms with van der Waals surface area (Å²) in [6, 6.07) is 22.6. The maximum Gasteiger partial charge on any atom is 0.391 e. The lowest BCUT2D eigenvalue weighted by atomic mass is 10.2. The highest BCUT2D eigenvalue weighted by atomic mass is 32.2. The van der Waals surface area contributed by atoms with Gasteiger partial charge in [0.05, 0.1) is 4.92 Å². The summed E-state index contributed by atoms with van der Waals surface area (Å²) in [6.45, 7) is -0.0469. The minimum atomic E-state index is -4.50. The molecule has 1 unspecified atom stereocenters. The highest BCUT2D eigenvalue weighted by molar-refractivity contribution is 7.91. The Kier molecular flexibility index (Phi) is 7.34. The van der Waals surface area contributed by atoms with E-state index in [1.165, 1.54) is 12.1 Å². The van der Waals surface area contributed by atoms with Gasteiger partial charge < -0.3 is 9.42 Å². The Morgan fingerprint density at radius 3 is 2.31 bits per heavy atom. The van der Waals surface area contributed by atoms with Crippen molar-refractivity contribution in [2.45, 2.75) is 10.6 Å². The third-order valence-electron chi connectivity index (χ3n) is 5.12. The third-order valence-corrected chi connectivity index (χ3v) is 9.92. The van der Waals surface area contributed by atoms with Crippen LogP contribution in [0.15, 0.2) is 89.1 Å². The number of hydrogen-bond donors (Lipinski definition) is 1. The average Bonchev–Trinajstić information content (AvgIpc) is 3.28. The molecule has 0 amide bonds. The lowest BCUT2D eigenvalue weighted by Crippen LogP contribution is -2.34. The Morgan fingerprint density at radius 2 is 1.66 bits per heavy atom. The number of nitro benzene ring substituents is 1. The normalized spacial score (nSPS) is 13.5. The number of nitrogens with zero attached hydrogens (tertiary/aromatic N) is 2. The smallest absolute Gasteiger partial charge is 0.391 e. The predicted molar refractivity (Wildman–Crippen MR) is 134 cm³/mol. The standard InChI is InChI=1S/C23H21N2O7PS2/c26-25(27)20-10-12-21(13-11-20)32-33(28,29)17-24(15-14-18-6-2-1-3-7-18)35(30,31)23-16-19-8-4-5-9-22(19)34-23/h1-13,16H,14-15,17H2,(H,28,29). The first-order chi connectivity index (χ1) is 16.6. The van der Waals surface area contributed by atoms with Gasteiger partial charge in [-0.05, 0) is 41.6 Å². The molecule has 4 aromatic rings. The number of hydrogen-bond acceptors (Lipinski definition) is 7. The van der Waals surface area contributed by atoms with Crippen molar-refractivity contribution in [2.24, 2.45) is 0 Å². The van der Waals surface area contributed by atoms with Crippen LogP contribution in [-0.2, 0) is 21.0 Å². The van der Waals surface area contributed by atoms with E-state index in [1.807, 2.05) is 42.5 Å². The van der Waals surface area contributed by atoms with E-state index in [0.717, 1.165) is 43.4 Å². The van der Waals surface area contributed by atoms with Crippen molar-refractivity contribution >= 4 is 44.7 Å². The molecule has 12 heteroatoms. The van der Waals surface area contributed by atoms with Gasteiger partial charge in [0.1, 0.15) is 16.2 Å². The SMILES string of the molecule is O=[N+]([O-])c1ccc(OP(=O)(O)CN(CCc2ccccc2)S(=O)(=O)c2cc3ccccc3s2)cc1. The fourth-order valence-electron chi connectivity index (χ4n) is 3.40. The van der Waals surface area contributed by atoms with Crippen LogP contribution in [0.4, 0.5) is 5.69 Å². The maximum atomic E-state index is 13.5. The second-order valence-electron chi connectivity index (χ2n) is 7.64. The van der Waals surface area contributed by atoms with Crippen molar-refractivity contribution in [2.75, 3.05) is 12.8 Å². The van der Waals surface area contributed by atoms with Crippen LogP contribution in [0, 0.1) is 10.1 Å². The summed E-state index contributed by atoms with van der Waals surface area (Å²) < 4.78 is 47.1. The maximum absolute atomic E-state index is 13.5. The first-order valence-electron chi connectivity index (χ1n) is 10.4. The van der Waals surface area contributed by atoms with Gasteiger partial charge in [-0.2, -0.15) is 4.31 Å². The van der Waals surface area contributed by atoms with Crippen molar-refractivity contribution in [3.8, 4) is 5.75 Å². The molecule has 3 aromatic carbocycles. The minimum Gasteiger partial charge on any atom is -0.424 e. The lowest BCUT2D eigenvalue weighted by Gasteiger charge is -2.24. The van der Waals surface area contributed by atoms with Gasteiger partial charge in [-0.15, -0.1) is 11.3 Å². The van der Waals surface area contributed by atoms with Crippen molar-refractivity contribution < 1.29 is 27.3 Å². The van der Waals surface area contributed by atoms with Crippen LogP contribution in [0.5, 0.6) is 5.75 Å². The molecule has 0 bridgehead atoms. The highest BCUT2D eigenvalue weighted by Gasteiger charge is 2.34. The van der Waals surface area contributed by atoms with E-state index in [0.29, 0.717) is 6.42 Å². The molecule has 35 heavy (non-hydrogen) atoms. The molecule has 0 radical (unpaired) electrons. The zero-order chi connectivity index (χ0) is 25.1. The molecule has 0 spiro atoms. The number of thiophene rings is 1. The molecule has 0 aliphatic carbocycles. The third kappa shape index (κ3) is 6.14. The summed E-state index contributed by atoms with van der Waals surface area (Å²) in [5, 5.41) is 11.6. The van der Waals surface area contributed by atoms with E-state index >= 15 is 0 Å². The fraction of sp³-hybridized carbons (Fsp3) is 0.130. The molecule has 1 aromatic heterocycles. The summed E-state index contributed by atoms with van der Waals surface area (Å²) in [6.07, 6.45) is -0.462.